The number of hydrogen-bond donors (Lipinski definition) is 2. The van der Waals surface area contributed by atoms with Crippen molar-refractivity contribution in [1.82, 2.24) is 9.80 Å². The molecule has 19 heavy (non-hydrogen) atoms. The summed E-state index contributed by atoms with van der Waals surface area (Å²) < 4.78 is 0. The third-order valence-electron chi connectivity index (χ3n) is 4.51. The van der Waals surface area contributed by atoms with Crippen molar-refractivity contribution in [1.29, 1.82) is 0 Å². The first-order valence-electron chi connectivity index (χ1n) is 7.20. The van der Waals surface area contributed by atoms with E-state index in [1.54, 1.807) is 0 Å². The maximum Gasteiger partial charge on any atom is 0.144 e. The normalized spacial score (nSPS) is 27.7. The van der Waals surface area contributed by atoms with E-state index in [2.05, 4.69) is 35.9 Å². The molecule has 1 fully saturated rings. The van der Waals surface area contributed by atoms with E-state index in [1.165, 1.54) is 0 Å². The molecule has 2 atom stereocenters. The van der Waals surface area contributed by atoms with Crippen LogP contribution in [0, 0.1) is 5.41 Å². The van der Waals surface area contributed by atoms with Crippen molar-refractivity contribution in [2.75, 3.05) is 26.7 Å². The van der Waals surface area contributed by atoms with Crippen LogP contribution in [0.25, 0.3) is 0 Å². The Balaban J connectivity index is 2.38. The van der Waals surface area contributed by atoms with Crippen LogP contribution in [0.4, 0.5) is 0 Å². The molecule has 1 saturated heterocycles. The molecule has 112 valence electrons. The summed E-state index contributed by atoms with van der Waals surface area (Å²) >= 11 is 0. The lowest BCUT2D eigenvalue weighted by Crippen LogP contribution is -2.55. The average molecular weight is 270 g/mol. The fraction of sp³-hybridized carbons (Fsp3) is 0.929. The maximum atomic E-state index is 8.76. The Morgan fingerprint density at radius 1 is 1.32 bits per heavy atom. The van der Waals surface area contributed by atoms with Gasteiger partial charge in [-0.25, -0.2) is 0 Å². The van der Waals surface area contributed by atoms with Crippen LogP contribution in [0.15, 0.2) is 5.16 Å². The third kappa shape index (κ3) is 4.35. The number of nitrogens with zero attached hydrogens (tertiary/aromatic N) is 3. The lowest BCUT2D eigenvalue weighted by Gasteiger charge is -2.42. The van der Waals surface area contributed by atoms with Crippen molar-refractivity contribution in [2.45, 2.75) is 52.6 Å². The predicted molar refractivity (Wildman–Crippen MR) is 79.6 cm³/mol. The van der Waals surface area contributed by atoms with Gasteiger partial charge < -0.3 is 15.8 Å². The molecule has 5 heteroatoms. The molecule has 5 nitrogen and oxygen atoms in total. The molecule has 1 rings (SSSR count). The average Bonchev–Trinajstić information content (AvgIpc) is 2.34. The summed E-state index contributed by atoms with van der Waals surface area (Å²) in [5, 5.41) is 11.9. The van der Waals surface area contributed by atoms with Crippen molar-refractivity contribution in [3.63, 3.8) is 0 Å². The molecular weight excluding hydrogens is 240 g/mol. The Morgan fingerprint density at radius 2 is 1.84 bits per heavy atom. The lowest BCUT2D eigenvalue weighted by molar-refractivity contribution is 0.0582. The minimum Gasteiger partial charge on any atom is -0.409 e. The van der Waals surface area contributed by atoms with Crippen LogP contribution < -0.4 is 5.73 Å². The molecule has 0 saturated carbocycles. The highest BCUT2D eigenvalue weighted by molar-refractivity contribution is 5.85. The van der Waals surface area contributed by atoms with Gasteiger partial charge in [0.25, 0.3) is 0 Å². The van der Waals surface area contributed by atoms with E-state index in [9.17, 15) is 0 Å². The first kappa shape index (κ1) is 16.2. The Bertz CT molecular complexity index is 305. The molecule has 0 radical (unpaired) electrons. The van der Waals surface area contributed by atoms with Crippen LogP contribution in [-0.4, -0.2) is 59.6 Å². The molecule has 0 aromatic carbocycles. The molecule has 0 bridgehead atoms. The molecule has 1 aliphatic heterocycles. The van der Waals surface area contributed by atoms with Gasteiger partial charge >= 0.3 is 0 Å². The number of amidine groups is 1. The van der Waals surface area contributed by atoms with Crippen LogP contribution >= 0.6 is 0 Å². The van der Waals surface area contributed by atoms with Gasteiger partial charge in [-0.15, -0.1) is 0 Å². The van der Waals surface area contributed by atoms with E-state index >= 15 is 0 Å². The number of likely N-dealkylation sites (N-methyl/N-ethyl adjacent to an activating group) is 1. The Labute approximate surface area is 117 Å². The van der Waals surface area contributed by atoms with Crippen molar-refractivity contribution in [3.8, 4) is 0 Å². The summed E-state index contributed by atoms with van der Waals surface area (Å²) in [6.45, 7) is 12.0. The first-order valence-corrected chi connectivity index (χ1v) is 7.20. The fourth-order valence-electron chi connectivity index (χ4n) is 2.70. The fourth-order valence-corrected chi connectivity index (χ4v) is 2.70. The van der Waals surface area contributed by atoms with Crippen LogP contribution in [0.3, 0.4) is 0 Å². The number of piperazine rings is 1. The lowest BCUT2D eigenvalue weighted by atomic mass is 9.86. The van der Waals surface area contributed by atoms with E-state index in [1.807, 2.05) is 13.8 Å². The molecule has 0 amide bonds. The molecule has 0 aromatic rings. The SMILES string of the molecule is CC1CN(CCCC(C)(C)C(N)=NO)CC(C)N1C. The zero-order valence-corrected chi connectivity index (χ0v) is 13.1. The quantitative estimate of drug-likeness (QED) is 0.344. The smallest absolute Gasteiger partial charge is 0.144 e. The van der Waals surface area contributed by atoms with Gasteiger partial charge in [-0.3, -0.25) is 4.90 Å². The van der Waals surface area contributed by atoms with Crippen molar-refractivity contribution >= 4 is 5.84 Å². The topological polar surface area (TPSA) is 65.1 Å². The van der Waals surface area contributed by atoms with Gasteiger partial charge in [-0.2, -0.15) is 0 Å². The molecule has 0 spiro atoms. The van der Waals surface area contributed by atoms with Crippen molar-refractivity contribution in [2.24, 2.45) is 16.3 Å². The third-order valence-corrected chi connectivity index (χ3v) is 4.51. The standard InChI is InChI=1S/C14H30N4O/c1-11-9-18(10-12(2)17(11)5)8-6-7-14(3,4)13(15)16-19/h11-12,19H,6-10H2,1-5H3,(H2,15,16). The van der Waals surface area contributed by atoms with Gasteiger partial charge in [0.1, 0.15) is 5.84 Å². The van der Waals surface area contributed by atoms with Crippen LogP contribution in [0.1, 0.15) is 40.5 Å². The maximum absolute atomic E-state index is 8.76. The molecule has 0 aromatic heterocycles. The molecule has 2 unspecified atom stereocenters. The summed E-state index contributed by atoms with van der Waals surface area (Å²) in [7, 11) is 2.20. The highest BCUT2D eigenvalue weighted by atomic mass is 16.4. The Hall–Kier alpha value is -0.810. The van der Waals surface area contributed by atoms with E-state index in [0.717, 1.165) is 32.5 Å². The molecular formula is C14H30N4O. The van der Waals surface area contributed by atoms with Crippen molar-refractivity contribution in [3.05, 3.63) is 0 Å². The molecule has 3 N–H and O–H groups in total. The Kier molecular flexibility index (Phi) is 5.62. The second kappa shape index (κ2) is 6.57. The van der Waals surface area contributed by atoms with Gasteiger partial charge in [0.2, 0.25) is 0 Å². The summed E-state index contributed by atoms with van der Waals surface area (Å²) in [4.78, 5) is 4.97. The van der Waals surface area contributed by atoms with E-state index in [0.29, 0.717) is 17.9 Å². The highest BCUT2D eigenvalue weighted by Crippen LogP contribution is 2.23. The van der Waals surface area contributed by atoms with Gasteiger partial charge in [0.15, 0.2) is 0 Å². The van der Waals surface area contributed by atoms with Crippen LogP contribution in [0.2, 0.25) is 0 Å². The molecule has 0 aliphatic carbocycles. The summed E-state index contributed by atoms with van der Waals surface area (Å²) in [6.07, 6.45) is 2.02. The van der Waals surface area contributed by atoms with E-state index in [4.69, 9.17) is 10.9 Å². The molecule has 1 heterocycles. The summed E-state index contributed by atoms with van der Waals surface area (Å²) in [5.74, 6) is 0.326. The van der Waals surface area contributed by atoms with Crippen LogP contribution in [-0.2, 0) is 0 Å². The number of nitrogens with two attached hydrogens (primary N) is 1. The van der Waals surface area contributed by atoms with Gasteiger partial charge in [0.05, 0.1) is 0 Å². The zero-order chi connectivity index (χ0) is 14.6. The zero-order valence-electron chi connectivity index (χ0n) is 13.1. The number of rotatable bonds is 5. The minimum absolute atomic E-state index is 0.224. The van der Waals surface area contributed by atoms with Gasteiger partial charge in [-0.05, 0) is 40.3 Å². The molecule has 1 aliphatic rings. The summed E-state index contributed by atoms with van der Waals surface area (Å²) in [5.41, 5.74) is 5.49. The number of hydrogen-bond acceptors (Lipinski definition) is 4. The van der Waals surface area contributed by atoms with Gasteiger partial charge in [-0.1, -0.05) is 19.0 Å². The van der Waals surface area contributed by atoms with Crippen molar-refractivity contribution < 1.29 is 5.21 Å². The summed E-state index contributed by atoms with van der Waals surface area (Å²) in [6, 6.07) is 1.22. The highest BCUT2D eigenvalue weighted by Gasteiger charge is 2.27. The minimum atomic E-state index is -0.224. The first-order chi connectivity index (χ1) is 8.77. The largest absolute Gasteiger partial charge is 0.409 e. The van der Waals surface area contributed by atoms with Crippen LogP contribution in [0.5, 0.6) is 0 Å². The Morgan fingerprint density at radius 3 is 2.32 bits per heavy atom. The monoisotopic (exact) mass is 270 g/mol. The van der Waals surface area contributed by atoms with E-state index < -0.39 is 0 Å². The second-order valence-electron chi connectivity index (χ2n) is 6.60. The second-order valence-corrected chi connectivity index (χ2v) is 6.60. The predicted octanol–water partition coefficient (Wildman–Crippen LogP) is 1.56. The van der Waals surface area contributed by atoms with E-state index in [-0.39, 0.29) is 5.41 Å². The number of oxime groups is 1. The van der Waals surface area contributed by atoms with Gasteiger partial charge in [0, 0.05) is 30.6 Å².